The fraction of sp³-hybridized carbons (Fsp3) is 0.280. The Morgan fingerprint density at radius 2 is 1.56 bits per heavy atom. The van der Waals surface area contributed by atoms with Crippen LogP contribution in [0.15, 0.2) is 77.7 Å². The second-order valence-electron chi connectivity index (χ2n) is 7.75. The highest BCUT2D eigenvalue weighted by Crippen LogP contribution is 2.40. The molecule has 0 aliphatic rings. The monoisotopic (exact) mass is 493 g/mol. The average Bonchev–Trinajstić information content (AvgIpc) is 2.78. The SMILES string of the molecule is CCOc1ccc(S(=O)(=O)N(c2ccc(C(F)(F)F)cc2OCc2ccccc2)C(C)C)cc1. The third-order valence-electron chi connectivity index (χ3n) is 4.92. The summed E-state index contributed by atoms with van der Waals surface area (Å²) < 4.78 is 79.6. The fourth-order valence-corrected chi connectivity index (χ4v) is 5.07. The van der Waals surface area contributed by atoms with E-state index in [9.17, 15) is 21.6 Å². The van der Waals surface area contributed by atoms with Gasteiger partial charge < -0.3 is 9.47 Å². The first kappa shape index (κ1) is 25.4. The van der Waals surface area contributed by atoms with Crippen molar-refractivity contribution in [3.63, 3.8) is 0 Å². The minimum Gasteiger partial charge on any atom is -0.494 e. The van der Waals surface area contributed by atoms with E-state index in [1.165, 1.54) is 24.3 Å². The number of sulfonamides is 1. The van der Waals surface area contributed by atoms with Crippen LogP contribution in [-0.4, -0.2) is 21.1 Å². The molecule has 0 aliphatic heterocycles. The zero-order valence-corrected chi connectivity index (χ0v) is 19.9. The van der Waals surface area contributed by atoms with Crippen molar-refractivity contribution in [2.24, 2.45) is 0 Å². The molecule has 0 spiro atoms. The van der Waals surface area contributed by atoms with Gasteiger partial charge in [-0.3, -0.25) is 4.31 Å². The first-order chi connectivity index (χ1) is 16.0. The lowest BCUT2D eigenvalue weighted by Crippen LogP contribution is -2.37. The van der Waals surface area contributed by atoms with E-state index in [0.29, 0.717) is 12.4 Å². The average molecular weight is 494 g/mol. The molecule has 5 nitrogen and oxygen atoms in total. The van der Waals surface area contributed by atoms with Crippen molar-refractivity contribution < 1.29 is 31.1 Å². The summed E-state index contributed by atoms with van der Waals surface area (Å²) in [6.45, 7) is 5.50. The topological polar surface area (TPSA) is 55.8 Å². The maximum absolute atomic E-state index is 13.6. The molecule has 3 aromatic carbocycles. The van der Waals surface area contributed by atoms with E-state index in [1.54, 1.807) is 38.1 Å². The van der Waals surface area contributed by atoms with Gasteiger partial charge in [0.25, 0.3) is 10.0 Å². The minimum atomic E-state index is -4.61. The van der Waals surface area contributed by atoms with Crippen LogP contribution in [0.3, 0.4) is 0 Å². The molecular formula is C25H26F3NO4S. The highest BCUT2D eigenvalue weighted by molar-refractivity contribution is 7.92. The van der Waals surface area contributed by atoms with Crippen LogP contribution in [0.4, 0.5) is 18.9 Å². The normalized spacial score (nSPS) is 12.0. The van der Waals surface area contributed by atoms with Crippen molar-refractivity contribution in [2.45, 2.75) is 44.5 Å². The minimum absolute atomic E-state index is 0.0152. The molecule has 0 N–H and O–H groups in total. The fourth-order valence-electron chi connectivity index (χ4n) is 3.40. The summed E-state index contributed by atoms with van der Waals surface area (Å²) in [5.74, 6) is 0.334. The molecule has 34 heavy (non-hydrogen) atoms. The van der Waals surface area contributed by atoms with E-state index >= 15 is 0 Å². The maximum atomic E-state index is 13.6. The van der Waals surface area contributed by atoms with Crippen molar-refractivity contribution in [1.29, 1.82) is 0 Å². The largest absolute Gasteiger partial charge is 0.494 e. The van der Waals surface area contributed by atoms with E-state index < -0.39 is 27.8 Å². The number of alkyl halides is 3. The van der Waals surface area contributed by atoms with Gasteiger partial charge in [0.2, 0.25) is 0 Å². The molecular weight excluding hydrogens is 467 g/mol. The summed E-state index contributed by atoms with van der Waals surface area (Å²) in [5.41, 5.74) is -0.175. The Labute approximate surface area is 197 Å². The third kappa shape index (κ3) is 5.83. The van der Waals surface area contributed by atoms with Crippen LogP contribution >= 0.6 is 0 Å². The molecule has 0 radical (unpaired) electrons. The van der Waals surface area contributed by atoms with Gasteiger partial charge in [0, 0.05) is 6.04 Å². The van der Waals surface area contributed by atoms with E-state index in [2.05, 4.69) is 0 Å². The Bertz CT molecular complexity index is 1200. The van der Waals surface area contributed by atoms with Gasteiger partial charge in [-0.05, 0) is 68.8 Å². The Hall–Kier alpha value is -3.20. The van der Waals surface area contributed by atoms with Gasteiger partial charge in [0.1, 0.15) is 18.1 Å². The summed E-state index contributed by atoms with van der Waals surface area (Å²) in [6.07, 6.45) is -4.61. The van der Waals surface area contributed by atoms with Gasteiger partial charge in [-0.1, -0.05) is 30.3 Å². The number of hydrogen-bond acceptors (Lipinski definition) is 4. The maximum Gasteiger partial charge on any atom is 0.416 e. The molecule has 0 fully saturated rings. The summed E-state index contributed by atoms with van der Waals surface area (Å²) in [5, 5.41) is 0. The van der Waals surface area contributed by atoms with Crippen molar-refractivity contribution in [1.82, 2.24) is 0 Å². The predicted octanol–water partition coefficient (Wildman–Crippen LogP) is 6.29. The summed E-state index contributed by atoms with van der Waals surface area (Å²) in [6, 6.07) is 17.0. The molecule has 0 unspecified atom stereocenters. The second kappa shape index (κ2) is 10.4. The van der Waals surface area contributed by atoms with Gasteiger partial charge in [-0.15, -0.1) is 0 Å². The number of ether oxygens (including phenoxy) is 2. The van der Waals surface area contributed by atoms with Crippen molar-refractivity contribution in [3.8, 4) is 11.5 Å². The van der Waals surface area contributed by atoms with Gasteiger partial charge in [0.15, 0.2) is 0 Å². The van der Waals surface area contributed by atoms with Crippen LogP contribution in [-0.2, 0) is 22.8 Å². The second-order valence-corrected chi connectivity index (χ2v) is 9.57. The third-order valence-corrected chi connectivity index (χ3v) is 6.93. The molecule has 0 aliphatic carbocycles. The van der Waals surface area contributed by atoms with Crippen molar-refractivity contribution in [2.75, 3.05) is 10.9 Å². The Balaban J connectivity index is 2.06. The Kier molecular flexibility index (Phi) is 7.76. The molecule has 0 saturated carbocycles. The van der Waals surface area contributed by atoms with Crippen LogP contribution in [0.1, 0.15) is 31.9 Å². The summed E-state index contributed by atoms with van der Waals surface area (Å²) in [7, 11) is -4.12. The standard InChI is InChI=1S/C25H26F3NO4S/c1-4-32-21-11-13-22(14-12-21)34(30,31)29(18(2)3)23-15-10-20(25(26,27)28)16-24(23)33-17-19-8-6-5-7-9-19/h5-16,18H,4,17H2,1-3H3. The highest BCUT2D eigenvalue weighted by atomic mass is 32.2. The molecule has 0 atom stereocenters. The number of nitrogens with zero attached hydrogens (tertiary/aromatic N) is 1. The molecule has 0 saturated heterocycles. The molecule has 0 bridgehead atoms. The summed E-state index contributed by atoms with van der Waals surface area (Å²) in [4.78, 5) is -0.0152. The Morgan fingerprint density at radius 1 is 0.912 bits per heavy atom. The lowest BCUT2D eigenvalue weighted by atomic mass is 10.1. The number of anilines is 1. The number of hydrogen-bond donors (Lipinski definition) is 0. The van der Waals surface area contributed by atoms with Gasteiger partial charge in [-0.25, -0.2) is 8.42 Å². The van der Waals surface area contributed by atoms with Gasteiger partial charge in [0.05, 0.1) is 22.8 Å². The van der Waals surface area contributed by atoms with Gasteiger partial charge >= 0.3 is 6.18 Å². The van der Waals surface area contributed by atoms with Gasteiger partial charge in [-0.2, -0.15) is 13.2 Å². The predicted molar refractivity (Wildman–Crippen MR) is 125 cm³/mol. The zero-order chi connectivity index (χ0) is 24.9. The smallest absolute Gasteiger partial charge is 0.416 e. The highest BCUT2D eigenvalue weighted by Gasteiger charge is 2.34. The summed E-state index contributed by atoms with van der Waals surface area (Å²) >= 11 is 0. The number of halogens is 3. The molecule has 0 amide bonds. The molecule has 0 heterocycles. The van der Waals surface area contributed by atoms with Crippen LogP contribution in [0.25, 0.3) is 0 Å². The van der Waals surface area contributed by atoms with Crippen LogP contribution in [0, 0.1) is 0 Å². The molecule has 3 rings (SSSR count). The van der Waals surface area contributed by atoms with Crippen LogP contribution < -0.4 is 13.8 Å². The lowest BCUT2D eigenvalue weighted by Gasteiger charge is -2.30. The molecule has 3 aromatic rings. The quantitative estimate of drug-likeness (QED) is 0.352. The van der Waals surface area contributed by atoms with E-state index in [0.717, 1.165) is 28.1 Å². The van der Waals surface area contributed by atoms with Crippen molar-refractivity contribution in [3.05, 3.63) is 83.9 Å². The first-order valence-corrected chi connectivity index (χ1v) is 12.1. The zero-order valence-electron chi connectivity index (χ0n) is 19.0. The number of benzene rings is 3. The first-order valence-electron chi connectivity index (χ1n) is 10.7. The van der Waals surface area contributed by atoms with E-state index in [-0.39, 0.29) is 22.9 Å². The Morgan fingerprint density at radius 3 is 2.12 bits per heavy atom. The van der Waals surface area contributed by atoms with Crippen LogP contribution in [0.5, 0.6) is 11.5 Å². The van der Waals surface area contributed by atoms with E-state index in [4.69, 9.17) is 9.47 Å². The molecule has 0 aromatic heterocycles. The lowest BCUT2D eigenvalue weighted by molar-refractivity contribution is -0.137. The molecule has 9 heteroatoms. The van der Waals surface area contributed by atoms with Crippen LogP contribution in [0.2, 0.25) is 0 Å². The number of rotatable bonds is 9. The molecule has 182 valence electrons. The van der Waals surface area contributed by atoms with E-state index in [1.807, 2.05) is 13.0 Å². The van der Waals surface area contributed by atoms with Crippen molar-refractivity contribution >= 4 is 15.7 Å².